The van der Waals surface area contributed by atoms with E-state index >= 15 is 0 Å². The molecule has 0 bridgehead atoms. The SMILES string of the molecule is CN(Cc1cccc(-c2cnc(N3CCC(C(C)(C)O)CC3)nc2)c1)C(=O)CNC(=O)OC(C)(C)C. The van der Waals surface area contributed by atoms with Crippen molar-refractivity contribution >= 4 is 17.9 Å². The molecule has 0 spiro atoms. The lowest BCUT2D eigenvalue weighted by molar-refractivity contribution is -0.129. The number of alkyl carbamates (subject to hydrolysis) is 1. The van der Waals surface area contributed by atoms with Gasteiger partial charge in [-0.2, -0.15) is 0 Å². The lowest BCUT2D eigenvalue weighted by Crippen LogP contribution is -2.42. The molecule has 1 aliphatic rings. The summed E-state index contributed by atoms with van der Waals surface area (Å²) in [4.78, 5) is 37.1. The third-order valence-electron chi connectivity index (χ3n) is 6.30. The van der Waals surface area contributed by atoms with Gasteiger partial charge in [0, 0.05) is 44.6 Å². The Labute approximate surface area is 213 Å². The van der Waals surface area contributed by atoms with E-state index in [-0.39, 0.29) is 18.4 Å². The smallest absolute Gasteiger partial charge is 0.408 e. The number of carbonyl (C=O) groups is 2. The van der Waals surface area contributed by atoms with Crippen LogP contribution in [0, 0.1) is 5.92 Å². The predicted octanol–water partition coefficient (Wildman–Crippen LogP) is 3.61. The second-order valence-corrected chi connectivity index (χ2v) is 11.0. The fraction of sp³-hybridized carbons (Fsp3) is 0.556. The molecule has 36 heavy (non-hydrogen) atoms. The topological polar surface area (TPSA) is 108 Å². The summed E-state index contributed by atoms with van der Waals surface area (Å²) in [5, 5.41) is 12.8. The number of hydrogen-bond acceptors (Lipinski definition) is 7. The largest absolute Gasteiger partial charge is 0.444 e. The highest BCUT2D eigenvalue weighted by atomic mass is 16.6. The Morgan fingerprint density at radius 3 is 2.33 bits per heavy atom. The van der Waals surface area contributed by atoms with Crippen molar-refractivity contribution in [3.05, 3.63) is 42.2 Å². The second-order valence-electron chi connectivity index (χ2n) is 11.0. The molecule has 3 rings (SSSR count). The number of piperidine rings is 1. The summed E-state index contributed by atoms with van der Waals surface area (Å²) in [7, 11) is 1.70. The number of anilines is 1. The van der Waals surface area contributed by atoms with Gasteiger partial charge in [-0.15, -0.1) is 0 Å². The van der Waals surface area contributed by atoms with E-state index < -0.39 is 17.3 Å². The van der Waals surface area contributed by atoms with Gasteiger partial charge >= 0.3 is 6.09 Å². The summed E-state index contributed by atoms with van der Waals surface area (Å²) in [5.74, 6) is 0.771. The number of nitrogens with one attached hydrogen (secondary N) is 1. The number of amides is 2. The average Bonchev–Trinajstić information content (AvgIpc) is 2.81. The number of hydrogen-bond donors (Lipinski definition) is 2. The highest BCUT2D eigenvalue weighted by Gasteiger charge is 2.31. The van der Waals surface area contributed by atoms with Crippen LogP contribution in [0.2, 0.25) is 0 Å². The van der Waals surface area contributed by atoms with Crippen LogP contribution in [0.5, 0.6) is 0 Å². The Kier molecular flexibility index (Phi) is 8.55. The molecule has 9 heteroatoms. The van der Waals surface area contributed by atoms with E-state index in [4.69, 9.17) is 4.74 Å². The molecular weight excluding hydrogens is 458 g/mol. The van der Waals surface area contributed by atoms with Crippen LogP contribution in [-0.2, 0) is 16.1 Å². The van der Waals surface area contributed by atoms with Crippen molar-refractivity contribution in [2.75, 3.05) is 31.6 Å². The number of benzene rings is 1. The van der Waals surface area contributed by atoms with E-state index in [1.54, 1.807) is 32.7 Å². The summed E-state index contributed by atoms with van der Waals surface area (Å²) in [6.45, 7) is 11.0. The van der Waals surface area contributed by atoms with Gasteiger partial charge in [0.2, 0.25) is 11.9 Å². The third kappa shape index (κ3) is 7.91. The van der Waals surface area contributed by atoms with Gasteiger partial charge in [-0.1, -0.05) is 18.2 Å². The lowest BCUT2D eigenvalue weighted by Gasteiger charge is -2.37. The van der Waals surface area contributed by atoms with Gasteiger partial charge in [0.1, 0.15) is 12.1 Å². The van der Waals surface area contributed by atoms with E-state index in [2.05, 4.69) is 20.2 Å². The lowest BCUT2D eigenvalue weighted by atomic mass is 9.83. The third-order valence-corrected chi connectivity index (χ3v) is 6.30. The number of carbonyl (C=O) groups excluding carboxylic acids is 2. The minimum Gasteiger partial charge on any atom is -0.444 e. The van der Waals surface area contributed by atoms with E-state index in [9.17, 15) is 14.7 Å². The minimum atomic E-state index is -0.658. The first kappa shape index (κ1) is 27.4. The molecule has 0 unspecified atom stereocenters. The molecule has 0 aliphatic carbocycles. The molecule has 2 aromatic rings. The number of rotatable bonds is 7. The number of likely N-dealkylation sites (N-methyl/N-ethyl adjacent to an activating group) is 1. The summed E-state index contributed by atoms with van der Waals surface area (Å²) in [6, 6.07) is 7.90. The minimum absolute atomic E-state index is 0.131. The van der Waals surface area contributed by atoms with Crippen molar-refractivity contribution in [2.24, 2.45) is 5.92 Å². The van der Waals surface area contributed by atoms with Crippen molar-refractivity contribution in [2.45, 2.75) is 65.2 Å². The fourth-order valence-corrected chi connectivity index (χ4v) is 4.23. The molecule has 1 aromatic carbocycles. The Balaban J connectivity index is 1.56. The molecule has 2 heterocycles. The Morgan fingerprint density at radius 1 is 1.11 bits per heavy atom. The van der Waals surface area contributed by atoms with Crippen molar-refractivity contribution in [3.63, 3.8) is 0 Å². The molecule has 1 aromatic heterocycles. The standard InChI is InChI=1S/C27H39N5O4/c1-26(2,3)36-25(34)30-17-23(33)31(6)18-19-8-7-9-20(14-19)21-15-28-24(29-16-21)32-12-10-22(11-13-32)27(4,5)35/h7-9,14-16,22,35H,10-13,17-18H2,1-6H3,(H,30,34). The van der Waals surface area contributed by atoms with Gasteiger partial charge in [0.25, 0.3) is 0 Å². The maximum atomic E-state index is 12.5. The number of ether oxygens (including phenoxy) is 1. The zero-order chi connectivity index (χ0) is 26.5. The maximum Gasteiger partial charge on any atom is 0.408 e. The zero-order valence-corrected chi connectivity index (χ0v) is 22.2. The monoisotopic (exact) mass is 497 g/mol. The van der Waals surface area contributed by atoms with E-state index in [1.807, 2.05) is 50.5 Å². The summed E-state index contributed by atoms with van der Waals surface area (Å²) in [6.07, 6.45) is 4.86. The summed E-state index contributed by atoms with van der Waals surface area (Å²) in [5.41, 5.74) is 1.54. The van der Waals surface area contributed by atoms with Crippen LogP contribution >= 0.6 is 0 Å². The van der Waals surface area contributed by atoms with Gasteiger partial charge in [-0.25, -0.2) is 14.8 Å². The molecule has 1 saturated heterocycles. The number of aromatic nitrogens is 2. The molecule has 0 saturated carbocycles. The predicted molar refractivity (Wildman–Crippen MR) is 139 cm³/mol. The molecular formula is C27H39N5O4. The van der Waals surface area contributed by atoms with Gasteiger partial charge in [0.15, 0.2) is 0 Å². The fourth-order valence-electron chi connectivity index (χ4n) is 4.23. The first-order valence-electron chi connectivity index (χ1n) is 12.4. The molecule has 2 N–H and O–H groups in total. The average molecular weight is 498 g/mol. The summed E-state index contributed by atoms with van der Waals surface area (Å²) < 4.78 is 5.17. The van der Waals surface area contributed by atoms with Gasteiger partial charge in [-0.05, 0) is 70.6 Å². The molecule has 9 nitrogen and oxygen atoms in total. The zero-order valence-electron chi connectivity index (χ0n) is 22.2. The Hall–Kier alpha value is -3.20. The molecule has 1 aliphatic heterocycles. The number of aliphatic hydroxyl groups is 1. The second kappa shape index (κ2) is 11.2. The molecule has 0 atom stereocenters. The van der Waals surface area contributed by atoms with Gasteiger partial charge < -0.3 is 25.0 Å². The van der Waals surface area contributed by atoms with Crippen LogP contribution in [-0.4, -0.2) is 69.9 Å². The number of nitrogens with zero attached hydrogens (tertiary/aromatic N) is 4. The Morgan fingerprint density at radius 2 is 1.75 bits per heavy atom. The van der Waals surface area contributed by atoms with Crippen LogP contribution in [0.1, 0.15) is 53.0 Å². The highest BCUT2D eigenvalue weighted by Crippen LogP contribution is 2.29. The van der Waals surface area contributed by atoms with E-state index in [1.165, 1.54) is 0 Å². The first-order chi connectivity index (χ1) is 16.8. The maximum absolute atomic E-state index is 12.5. The molecule has 1 fully saturated rings. The summed E-state index contributed by atoms with van der Waals surface area (Å²) >= 11 is 0. The van der Waals surface area contributed by atoms with Gasteiger partial charge in [-0.3, -0.25) is 4.79 Å². The van der Waals surface area contributed by atoms with Crippen molar-refractivity contribution in [1.29, 1.82) is 0 Å². The molecule has 2 amide bonds. The van der Waals surface area contributed by atoms with Crippen molar-refractivity contribution in [1.82, 2.24) is 20.2 Å². The van der Waals surface area contributed by atoms with Crippen LogP contribution in [0.3, 0.4) is 0 Å². The van der Waals surface area contributed by atoms with Gasteiger partial charge in [0.05, 0.1) is 5.60 Å². The normalized spacial score (nSPS) is 14.9. The first-order valence-corrected chi connectivity index (χ1v) is 12.4. The van der Waals surface area contributed by atoms with Crippen LogP contribution < -0.4 is 10.2 Å². The Bertz CT molecular complexity index is 1040. The van der Waals surface area contributed by atoms with E-state index in [0.29, 0.717) is 12.5 Å². The van der Waals surface area contributed by atoms with Crippen LogP contribution in [0.15, 0.2) is 36.7 Å². The van der Waals surface area contributed by atoms with Crippen molar-refractivity contribution < 1.29 is 19.4 Å². The van der Waals surface area contributed by atoms with Crippen LogP contribution in [0.25, 0.3) is 11.1 Å². The highest BCUT2D eigenvalue weighted by molar-refractivity contribution is 5.82. The van der Waals surface area contributed by atoms with Crippen molar-refractivity contribution in [3.8, 4) is 11.1 Å². The molecule has 196 valence electrons. The van der Waals surface area contributed by atoms with Crippen LogP contribution in [0.4, 0.5) is 10.7 Å². The van der Waals surface area contributed by atoms with E-state index in [0.717, 1.165) is 42.6 Å². The molecule has 0 radical (unpaired) electrons. The quantitative estimate of drug-likeness (QED) is 0.602.